The molecule has 0 aliphatic carbocycles. The molecular formula is C15H17BrN2O3S. The lowest BCUT2D eigenvalue weighted by Crippen LogP contribution is -2.15. The standard InChI is InChI=1S/C15H17BrN2O3S/c1-9-5-13(21-4)14(6-10(9)2)22(19,20)18-15-7-11(3)12(16)8-17-15/h5-8H,1-4H3,(H,17,18). The third kappa shape index (κ3) is 3.41. The minimum absolute atomic E-state index is 0.0977. The van der Waals surface area contributed by atoms with Crippen LogP contribution in [0.15, 0.2) is 33.8 Å². The zero-order valence-corrected chi connectivity index (χ0v) is 15.2. The Labute approximate surface area is 138 Å². The van der Waals surface area contributed by atoms with E-state index >= 15 is 0 Å². The molecule has 5 nitrogen and oxygen atoms in total. The highest BCUT2D eigenvalue weighted by Crippen LogP contribution is 2.29. The Hall–Kier alpha value is -1.60. The van der Waals surface area contributed by atoms with E-state index in [4.69, 9.17) is 4.74 Å². The molecule has 1 heterocycles. The van der Waals surface area contributed by atoms with Gasteiger partial charge in [-0.15, -0.1) is 0 Å². The van der Waals surface area contributed by atoms with Crippen molar-refractivity contribution < 1.29 is 13.2 Å². The summed E-state index contributed by atoms with van der Waals surface area (Å²) in [5.41, 5.74) is 2.73. The average Bonchev–Trinajstić information content (AvgIpc) is 2.45. The molecule has 0 saturated heterocycles. The van der Waals surface area contributed by atoms with Crippen LogP contribution < -0.4 is 9.46 Å². The predicted molar refractivity (Wildman–Crippen MR) is 90.0 cm³/mol. The molecular weight excluding hydrogens is 368 g/mol. The number of nitrogens with zero attached hydrogens (tertiary/aromatic N) is 1. The summed E-state index contributed by atoms with van der Waals surface area (Å²) in [5.74, 6) is 0.574. The van der Waals surface area contributed by atoms with Gasteiger partial charge in [-0.1, -0.05) is 0 Å². The first-order chi connectivity index (χ1) is 10.2. The molecule has 0 amide bonds. The second kappa shape index (κ2) is 6.26. The summed E-state index contributed by atoms with van der Waals surface area (Å²) >= 11 is 3.33. The lowest BCUT2D eigenvalue weighted by Gasteiger charge is -2.13. The smallest absolute Gasteiger partial charge is 0.266 e. The molecule has 0 radical (unpaired) electrons. The van der Waals surface area contributed by atoms with E-state index in [0.29, 0.717) is 5.75 Å². The number of anilines is 1. The molecule has 0 saturated carbocycles. The highest BCUT2D eigenvalue weighted by atomic mass is 79.9. The maximum absolute atomic E-state index is 12.6. The number of hydrogen-bond donors (Lipinski definition) is 1. The number of benzene rings is 1. The number of aryl methyl sites for hydroxylation is 3. The SMILES string of the molecule is COc1cc(C)c(C)cc1S(=O)(=O)Nc1cc(C)c(Br)cn1. The van der Waals surface area contributed by atoms with Gasteiger partial charge < -0.3 is 4.74 Å². The summed E-state index contributed by atoms with van der Waals surface area (Å²) in [5, 5.41) is 0. The van der Waals surface area contributed by atoms with Gasteiger partial charge in [0.2, 0.25) is 0 Å². The number of hydrogen-bond acceptors (Lipinski definition) is 4. The van der Waals surface area contributed by atoms with Crippen molar-refractivity contribution >= 4 is 31.8 Å². The van der Waals surface area contributed by atoms with Crippen molar-refractivity contribution in [2.45, 2.75) is 25.7 Å². The largest absolute Gasteiger partial charge is 0.495 e. The van der Waals surface area contributed by atoms with Crippen molar-refractivity contribution in [2.75, 3.05) is 11.8 Å². The zero-order chi connectivity index (χ0) is 16.5. The average molecular weight is 385 g/mol. The molecule has 118 valence electrons. The van der Waals surface area contributed by atoms with Gasteiger partial charge >= 0.3 is 0 Å². The van der Waals surface area contributed by atoms with E-state index in [1.165, 1.54) is 7.11 Å². The third-order valence-electron chi connectivity index (χ3n) is 3.36. The fourth-order valence-electron chi connectivity index (χ4n) is 1.92. The van der Waals surface area contributed by atoms with Crippen LogP contribution in [0.4, 0.5) is 5.82 Å². The number of halogens is 1. The lowest BCUT2D eigenvalue weighted by atomic mass is 10.1. The minimum Gasteiger partial charge on any atom is -0.495 e. The fourth-order valence-corrected chi connectivity index (χ4v) is 3.37. The van der Waals surface area contributed by atoms with Crippen LogP contribution >= 0.6 is 15.9 Å². The number of nitrogens with one attached hydrogen (secondary N) is 1. The first kappa shape index (κ1) is 16.8. The molecule has 2 aromatic rings. The number of methoxy groups -OCH3 is 1. The van der Waals surface area contributed by atoms with E-state index in [9.17, 15) is 8.42 Å². The van der Waals surface area contributed by atoms with E-state index in [1.807, 2.05) is 20.8 Å². The molecule has 0 aliphatic heterocycles. The maximum Gasteiger partial charge on any atom is 0.266 e. The molecule has 0 fully saturated rings. The first-order valence-electron chi connectivity index (χ1n) is 6.55. The van der Waals surface area contributed by atoms with E-state index in [0.717, 1.165) is 21.2 Å². The van der Waals surface area contributed by atoms with Crippen LogP contribution in [0.5, 0.6) is 5.75 Å². The Bertz CT molecular complexity index is 820. The van der Waals surface area contributed by atoms with Crippen LogP contribution in [-0.2, 0) is 10.0 Å². The number of ether oxygens (including phenoxy) is 1. The fraction of sp³-hybridized carbons (Fsp3) is 0.267. The van der Waals surface area contributed by atoms with Crippen molar-refractivity contribution in [3.63, 3.8) is 0 Å². The highest BCUT2D eigenvalue weighted by Gasteiger charge is 2.21. The molecule has 0 bridgehead atoms. The van der Waals surface area contributed by atoms with Gasteiger partial charge in [-0.05, 0) is 71.6 Å². The van der Waals surface area contributed by atoms with Gasteiger partial charge in [-0.2, -0.15) is 0 Å². The number of sulfonamides is 1. The Morgan fingerprint density at radius 2 is 1.73 bits per heavy atom. The Morgan fingerprint density at radius 1 is 1.09 bits per heavy atom. The highest BCUT2D eigenvalue weighted by molar-refractivity contribution is 9.10. The molecule has 7 heteroatoms. The van der Waals surface area contributed by atoms with Crippen molar-refractivity contribution in [3.05, 3.63) is 45.6 Å². The molecule has 0 atom stereocenters. The van der Waals surface area contributed by atoms with Gasteiger partial charge in [0.05, 0.1) is 7.11 Å². The van der Waals surface area contributed by atoms with Gasteiger partial charge in [0.15, 0.2) is 0 Å². The number of rotatable bonds is 4. The van der Waals surface area contributed by atoms with Gasteiger partial charge in [-0.25, -0.2) is 13.4 Å². The van der Waals surface area contributed by atoms with Crippen LogP contribution in [0.2, 0.25) is 0 Å². The molecule has 1 N–H and O–H groups in total. The third-order valence-corrected chi connectivity index (χ3v) is 5.56. The first-order valence-corrected chi connectivity index (χ1v) is 8.82. The topological polar surface area (TPSA) is 68.3 Å². The lowest BCUT2D eigenvalue weighted by molar-refractivity contribution is 0.402. The van der Waals surface area contributed by atoms with E-state index in [-0.39, 0.29) is 10.7 Å². The van der Waals surface area contributed by atoms with E-state index in [1.54, 1.807) is 24.4 Å². The second-order valence-electron chi connectivity index (χ2n) is 5.01. The normalized spacial score (nSPS) is 11.3. The quantitative estimate of drug-likeness (QED) is 0.874. The maximum atomic E-state index is 12.6. The predicted octanol–water partition coefficient (Wildman–Crippen LogP) is 3.58. The van der Waals surface area contributed by atoms with Crippen molar-refractivity contribution in [2.24, 2.45) is 0 Å². The molecule has 1 aromatic carbocycles. The van der Waals surface area contributed by atoms with E-state index < -0.39 is 10.0 Å². The van der Waals surface area contributed by atoms with E-state index in [2.05, 4.69) is 25.6 Å². The second-order valence-corrected chi connectivity index (χ2v) is 7.52. The molecule has 0 spiro atoms. The number of pyridine rings is 1. The summed E-state index contributed by atoms with van der Waals surface area (Å²) in [6.45, 7) is 5.62. The van der Waals surface area contributed by atoms with Gasteiger partial charge in [0, 0.05) is 10.7 Å². The summed E-state index contributed by atoms with van der Waals surface area (Å²) in [6.07, 6.45) is 1.56. The molecule has 0 aliphatic rings. The summed E-state index contributed by atoms with van der Waals surface area (Å²) in [6, 6.07) is 4.97. The summed E-state index contributed by atoms with van der Waals surface area (Å²) in [4.78, 5) is 4.16. The van der Waals surface area contributed by atoms with Crippen LogP contribution in [0.25, 0.3) is 0 Å². The molecule has 22 heavy (non-hydrogen) atoms. The molecule has 2 rings (SSSR count). The van der Waals surface area contributed by atoms with Crippen molar-refractivity contribution in [1.82, 2.24) is 4.98 Å². The Morgan fingerprint density at radius 3 is 2.32 bits per heavy atom. The van der Waals surface area contributed by atoms with Crippen LogP contribution in [0.3, 0.4) is 0 Å². The monoisotopic (exact) mass is 384 g/mol. The minimum atomic E-state index is -3.78. The molecule has 0 unspecified atom stereocenters. The summed E-state index contributed by atoms with van der Waals surface area (Å²) in [7, 11) is -2.33. The van der Waals surface area contributed by atoms with Crippen LogP contribution in [0, 0.1) is 20.8 Å². The van der Waals surface area contributed by atoms with Crippen molar-refractivity contribution in [3.8, 4) is 5.75 Å². The Balaban J connectivity index is 2.46. The van der Waals surface area contributed by atoms with Crippen LogP contribution in [0.1, 0.15) is 16.7 Å². The zero-order valence-electron chi connectivity index (χ0n) is 12.8. The van der Waals surface area contributed by atoms with Crippen molar-refractivity contribution in [1.29, 1.82) is 0 Å². The molecule has 1 aromatic heterocycles. The van der Waals surface area contributed by atoms with Crippen LogP contribution in [-0.4, -0.2) is 20.5 Å². The summed E-state index contributed by atoms with van der Waals surface area (Å²) < 4.78 is 33.7. The Kier molecular flexibility index (Phi) is 4.77. The number of aromatic nitrogens is 1. The van der Waals surface area contributed by atoms with Gasteiger partial charge in [0.1, 0.15) is 16.5 Å². The van der Waals surface area contributed by atoms with Gasteiger partial charge in [-0.3, -0.25) is 4.72 Å². The van der Waals surface area contributed by atoms with Gasteiger partial charge in [0.25, 0.3) is 10.0 Å².